The van der Waals surface area contributed by atoms with Crippen molar-refractivity contribution in [1.29, 1.82) is 0 Å². The lowest BCUT2D eigenvalue weighted by Crippen LogP contribution is -1.85. The lowest BCUT2D eigenvalue weighted by molar-refractivity contribution is 0.415. The van der Waals surface area contributed by atoms with E-state index >= 15 is 0 Å². The third-order valence-corrected chi connectivity index (χ3v) is 5.00. The van der Waals surface area contributed by atoms with E-state index in [4.69, 9.17) is 4.74 Å². The Morgan fingerprint density at radius 1 is 1.23 bits per heavy atom. The molecule has 0 amide bonds. The molecular formula is C15H16N4OS2. The van der Waals surface area contributed by atoms with Crippen LogP contribution >= 0.6 is 23.1 Å². The number of thioether (sulfide) groups is 1. The van der Waals surface area contributed by atoms with Gasteiger partial charge in [0.25, 0.3) is 0 Å². The Labute approximate surface area is 137 Å². The van der Waals surface area contributed by atoms with Gasteiger partial charge in [0.1, 0.15) is 5.75 Å². The van der Waals surface area contributed by atoms with Gasteiger partial charge in [0, 0.05) is 16.7 Å². The normalized spacial score (nSPS) is 10.8. The second kappa shape index (κ2) is 6.93. The molecule has 2 heterocycles. The molecule has 7 heteroatoms. The third-order valence-electron chi connectivity index (χ3n) is 3.08. The average molecular weight is 332 g/mol. The van der Waals surface area contributed by atoms with Crippen molar-refractivity contribution in [3.63, 3.8) is 0 Å². The molecule has 2 aromatic heterocycles. The van der Waals surface area contributed by atoms with Crippen LogP contribution in [0.1, 0.15) is 17.6 Å². The average Bonchev–Trinajstić information content (AvgIpc) is 3.22. The number of nitrogens with one attached hydrogen (secondary N) is 1. The van der Waals surface area contributed by atoms with E-state index in [0.29, 0.717) is 0 Å². The van der Waals surface area contributed by atoms with Crippen LogP contribution in [0.15, 0.2) is 34.8 Å². The van der Waals surface area contributed by atoms with Gasteiger partial charge in [-0.25, -0.2) is 9.97 Å². The molecule has 0 unspecified atom stereocenters. The Bertz CT molecular complexity index is 736. The van der Waals surface area contributed by atoms with E-state index in [1.165, 1.54) is 5.01 Å². The second-order valence-corrected chi connectivity index (χ2v) is 6.46. The Hall–Kier alpha value is -1.86. The molecule has 0 atom stereocenters. The number of H-pyrrole nitrogens is 1. The number of ether oxygens (including phenoxy) is 1. The summed E-state index contributed by atoms with van der Waals surface area (Å²) in [5.41, 5.74) is 2.07. The number of aromatic nitrogens is 4. The van der Waals surface area contributed by atoms with Crippen LogP contribution in [-0.4, -0.2) is 27.3 Å². The maximum atomic E-state index is 5.15. The smallest absolute Gasteiger partial charge is 0.209 e. The minimum absolute atomic E-state index is 0.733. The van der Waals surface area contributed by atoms with Crippen molar-refractivity contribution >= 4 is 23.1 Å². The summed E-state index contributed by atoms with van der Waals surface area (Å²) in [6.07, 6.45) is 0.984. The van der Waals surface area contributed by atoms with E-state index < -0.39 is 0 Å². The number of methoxy groups -OCH3 is 1. The number of thiazole rings is 1. The fourth-order valence-corrected chi connectivity index (χ4v) is 3.45. The van der Waals surface area contributed by atoms with Crippen molar-refractivity contribution in [1.82, 2.24) is 20.2 Å². The van der Waals surface area contributed by atoms with Gasteiger partial charge in [-0.2, -0.15) is 0 Å². The number of hydrogen-bond donors (Lipinski definition) is 1. The first-order valence-corrected chi connectivity index (χ1v) is 8.78. The maximum absolute atomic E-state index is 5.15. The SMILES string of the molecule is CCc1nc(CSc2n[nH]c(-c3ccc(OC)cc3)n2)cs1. The van der Waals surface area contributed by atoms with Crippen molar-refractivity contribution in [2.75, 3.05) is 7.11 Å². The zero-order valence-corrected chi connectivity index (χ0v) is 14.0. The van der Waals surface area contributed by atoms with Gasteiger partial charge in [-0.3, -0.25) is 5.10 Å². The first kappa shape index (κ1) is 15.1. The summed E-state index contributed by atoms with van der Waals surface area (Å²) in [5, 5.41) is 11.2. The van der Waals surface area contributed by atoms with Crippen molar-refractivity contribution in [2.24, 2.45) is 0 Å². The lowest BCUT2D eigenvalue weighted by atomic mass is 10.2. The molecule has 22 heavy (non-hydrogen) atoms. The molecule has 0 bridgehead atoms. The van der Waals surface area contributed by atoms with Crippen LogP contribution in [0.2, 0.25) is 0 Å². The highest BCUT2D eigenvalue weighted by molar-refractivity contribution is 7.98. The van der Waals surface area contributed by atoms with E-state index in [0.717, 1.165) is 40.2 Å². The third kappa shape index (κ3) is 3.48. The minimum atomic E-state index is 0.733. The molecule has 0 aliphatic heterocycles. The summed E-state index contributed by atoms with van der Waals surface area (Å²) in [5.74, 6) is 2.38. The van der Waals surface area contributed by atoms with Gasteiger partial charge in [-0.1, -0.05) is 18.7 Å². The Kier molecular flexibility index (Phi) is 4.74. The molecule has 3 aromatic rings. The molecule has 0 saturated carbocycles. The van der Waals surface area contributed by atoms with Gasteiger partial charge in [0.2, 0.25) is 5.16 Å². The van der Waals surface area contributed by atoms with Crippen molar-refractivity contribution in [2.45, 2.75) is 24.3 Å². The molecular weight excluding hydrogens is 316 g/mol. The fourth-order valence-electron chi connectivity index (χ4n) is 1.91. The van der Waals surface area contributed by atoms with Gasteiger partial charge in [-0.05, 0) is 30.7 Å². The largest absolute Gasteiger partial charge is 0.497 e. The number of benzene rings is 1. The zero-order valence-electron chi connectivity index (χ0n) is 12.4. The molecule has 0 aliphatic carbocycles. The van der Waals surface area contributed by atoms with E-state index in [1.807, 2.05) is 24.3 Å². The Balaban J connectivity index is 1.65. The number of rotatable bonds is 6. The number of hydrogen-bond acceptors (Lipinski definition) is 6. The topological polar surface area (TPSA) is 63.7 Å². The number of aromatic amines is 1. The summed E-state index contributed by atoms with van der Waals surface area (Å²) < 4.78 is 5.15. The summed E-state index contributed by atoms with van der Waals surface area (Å²) in [4.78, 5) is 9.06. The van der Waals surface area contributed by atoms with Crippen LogP contribution in [0.3, 0.4) is 0 Å². The maximum Gasteiger partial charge on any atom is 0.209 e. The van der Waals surface area contributed by atoms with Gasteiger partial charge in [0.15, 0.2) is 5.82 Å². The summed E-state index contributed by atoms with van der Waals surface area (Å²) in [6.45, 7) is 2.12. The summed E-state index contributed by atoms with van der Waals surface area (Å²) in [6, 6.07) is 7.74. The van der Waals surface area contributed by atoms with Crippen LogP contribution < -0.4 is 4.74 Å². The first-order valence-electron chi connectivity index (χ1n) is 6.91. The van der Waals surface area contributed by atoms with E-state index in [9.17, 15) is 0 Å². The minimum Gasteiger partial charge on any atom is -0.497 e. The first-order chi connectivity index (χ1) is 10.8. The van der Waals surface area contributed by atoms with Crippen molar-refractivity contribution < 1.29 is 4.74 Å². The molecule has 0 saturated heterocycles. The van der Waals surface area contributed by atoms with Gasteiger partial charge >= 0.3 is 0 Å². The highest BCUT2D eigenvalue weighted by Gasteiger charge is 2.08. The van der Waals surface area contributed by atoms with E-state index in [-0.39, 0.29) is 0 Å². The molecule has 0 spiro atoms. The predicted octanol–water partition coefficient (Wildman–Crippen LogP) is 3.79. The molecule has 114 valence electrons. The summed E-state index contributed by atoms with van der Waals surface area (Å²) in [7, 11) is 1.65. The molecule has 0 radical (unpaired) electrons. The molecule has 3 rings (SSSR count). The highest BCUT2D eigenvalue weighted by atomic mass is 32.2. The van der Waals surface area contributed by atoms with Crippen molar-refractivity contribution in [3.05, 3.63) is 40.3 Å². The molecule has 5 nitrogen and oxygen atoms in total. The van der Waals surface area contributed by atoms with Crippen LogP contribution in [0.5, 0.6) is 5.75 Å². The van der Waals surface area contributed by atoms with Crippen LogP contribution in [-0.2, 0) is 12.2 Å². The molecule has 1 aromatic carbocycles. The molecule has 0 aliphatic rings. The molecule has 0 fully saturated rings. The highest BCUT2D eigenvalue weighted by Crippen LogP contribution is 2.24. The standard InChI is InChI=1S/C15H16N4OS2/c1-3-13-16-11(8-21-13)9-22-15-17-14(18-19-15)10-4-6-12(20-2)7-5-10/h4-8H,3,9H2,1-2H3,(H,17,18,19). The summed E-state index contributed by atoms with van der Waals surface area (Å²) >= 11 is 3.29. The van der Waals surface area contributed by atoms with E-state index in [2.05, 4.69) is 32.5 Å². The monoisotopic (exact) mass is 332 g/mol. The van der Waals surface area contributed by atoms with Crippen LogP contribution in [0, 0.1) is 0 Å². The van der Waals surface area contributed by atoms with Crippen LogP contribution in [0.25, 0.3) is 11.4 Å². The second-order valence-electron chi connectivity index (χ2n) is 4.57. The molecule has 1 N–H and O–H groups in total. The quantitative estimate of drug-likeness (QED) is 0.696. The predicted molar refractivity (Wildman–Crippen MR) is 89.4 cm³/mol. The van der Waals surface area contributed by atoms with Crippen LogP contribution in [0.4, 0.5) is 0 Å². The van der Waals surface area contributed by atoms with Crippen molar-refractivity contribution in [3.8, 4) is 17.1 Å². The van der Waals surface area contributed by atoms with E-state index in [1.54, 1.807) is 30.2 Å². The lowest BCUT2D eigenvalue weighted by Gasteiger charge is -1.99. The Morgan fingerprint density at radius 2 is 2.05 bits per heavy atom. The zero-order chi connectivity index (χ0) is 15.4. The van der Waals surface area contributed by atoms with Gasteiger partial charge in [-0.15, -0.1) is 16.4 Å². The van der Waals surface area contributed by atoms with Gasteiger partial charge < -0.3 is 4.74 Å². The Morgan fingerprint density at radius 3 is 2.73 bits per heavy atom. The number of aryl methyl sites for hydroxylation is 1. The van der Waals surface area contributed by atoms with Gasteiger partial charge in [0.05, 0.1) is 17.8 Å². The fraction of sp³-hybridized carbons (Fsp3) is 0.267. The number of nitrogens with zero attached hydrogens (tertiary/aromatic N) is 3.